The molecule has 0 bridgehead atoms. The lowest BCUT2D eigenvalue weighted by atomic mass is 10.1. The number of rotatable bonds is 6. The van der Waals surface area contributed by atoms with Crippen LogP contribution in [0, 0.1) is 0 Å². The lowest BCUT2D eigenvalue weighted by Gasteiger charge is -2.05. The predicted molar refractivity (Wildman–Crippen MR) is 111 cm³/mol. The maximum Gasteiger partial charge on any atom is 0.230 e. The van der Waals surface area contributed by atoms with E-state index in [-0.39, 0.29) is 12.3 Å². The molecule has 146 valence electrons. The molecule has 0 saturated carbocycles. The number of anilines is 1. The molecule has 0 aliphatic rings. The molecule has 2 aromatic carbocycles. The molecule has 1 amide bonds. The van der Waals surface area contributed by atoms with Crippen LogP contribution in [0.3, 0.4) is 0 Å². The highest BCUT2D eigenvalue weighted by Gasteiger charge is 2.11. The Balaban J connectivity index is 1.40. The topological polar surface area (TPSA) is 94.8 Å². The average Bonchev–Trinajstić information content (AvgIpc) is 3.41. The monoisotopic (exact) mass is 426 g/mol. The van der Waals surface area contributed by atoms with Crippen LogP contribution in [0.2, 0.25) is 5.02 Å². The van der Waals surface area contributed by atoms with Gasteiger partial charge in [-0.25, -0.2) is 9.67 Å². The fourth-order valence-corrected chi connectivity index (χ4v) is 3.68. The Hall–Kier alpha value is -3.30. The van der Waals surface area contributed by atoms with Crippen molar-refractivity contribution in [1.29, 1.82) is 0 Å². The molecule has 2 heterocycles. The van der Waals surface area contributed by atoms with Crippen molar-refractivity contribution in [2.24, 2.45) is 0 Å². The van der Waals surface area contributed by atoms with Crippen molar-refractivity contribution in [1.82, 2.24) is 25.2 Å². The van der Waals surface area contributed by atoms with E-state index >= 15 is 0 Å². The summed E-state index contributed by atoms with van der Waals surface area (Å²) >= 11 is 7.53. The van der Waals surface area contributed by atoms with Gasteiger partial charge in [-0.15, -0.1) is 16.4 Å². The Kier molecular flexibility index (Phi) is 5.50. The molecule has 4 aromatic rings. The van der Waals surface area contributed by atoms with E-state index in [4.69, 9.17) is 16.3 Å². The van der Waals surface area contributed by atoms with Gasteiger partial charge >= 0.3 is 0 Å². The van der Waals surface area contributed by atoms with Gasteiger partial charge in [-0.05, 0) is 46.3 Å². The minimum Gasteiger partial charge on any atom is -0.495 e. The van der Waals surface area contributed by atoms with Crippen LogP contribution in [0.5, 0.6) is 5.75 Å². The van der Waals surface area contributed by atoms with Crippen LogP contribution < -0.4 is 10.1 Å². The second-order valence-corrected chi connectivity index (χ2v) is 7.30. The number of thiazole rings is 1. The second kappa shape index (κ2) is 8.38. The number of hydrogen-bond donors (Lipinski definition) is 1. The van der Waals surface area contributed by atoms with Gasteiger partial charge in [0.2, 0.25) is 5.91 Å². The van der Waals surface area contributed by atoms with Crippen LogP contribution in [0.25, 0.3) is 16.9 Å². The van der Waals surface area contributed by atoms with E-state index in [1.54, 1.807) is 23.9 Å². The number of nitrogens with one attached hydrogen (secondary N) is 1. The van der Waals surface area contributed by atoms with Crippen molar-refractivity contribution >= 4 is 34.0 Å². The molecule has 0 saturated heterocycles. The van der Waals surface area contributed by atoms with Crippen molar-refractivity contribution in [2.75, 3.05) is 12.4 Å². The number of halogens is 1. The quantitative estimate of drug-likeness (QED) is 0.506. The molecular weight excluding hydrogens is 412 g/mol. The van der Waals surface area contributed by atoms with Crippen molar-refractivity contribution in [2.45, 2.75) is 6.42 Å². The molecule has 10 heteroatoms. The summed E-state index contributed by atoms with van der Waals surface area (Å²) in [7, 11) is 1.57. The average molecular weight is 427 g/mol. The Morgan fingerprint density at radius 1 is 1.24 bits per heavy atom. The van der Waals surface area contributed by atoms with E-state index in [0.29, 0.717) is 15.9 Å². The number of benzene rings is 2. The molecule has 29 heavy (non-hydrogen) atoms. The van der Waals surface area contributed by atoms with Crippen LogP contribution in [0.15, 0.2) is 54.2 Å². The number of tetrazole rings is 1. The summed E-state index contributed by atoms with van der Waals surface area (Å²) < 4.78 is 6.71. The molecular formula is C19H15ClN6O2S. The third-order valence-corrected chi connectivity index (χ3v) is 5.17. The van der Waals surface area contributed by atoms with Crippen LogP contribution in [0.4, 0.5) is 5.13 Å². The number of hydrogen-bond acceptors (Lipinski definition) is 7. The van der Waals surface area contributed by atoms with E-state index in [0.717, 1.165) is 22.5 Å². The maximum atomic E-state index is 12.4. The van der Waals surface area contributed by atoms with Crippen LogP contribution in [-0.2, 0) is 11.2 Å². The van der Waals surface area contributed by atoms with E-state index < -0.39 is 0 Å². The largest absolute Gasteiger partial charge is 0.495 e. The molecule has 0 spiro atoms. The van der Waals surface area contributed by atoms with Gasteiger partial charge in [0.25, 0.3) is 0 Å². The zero-order valence-electron chi connectivity index (χ0n) is 15.2. The minimum atomic E-state index is -0.145. The van der Waals surface area contributed by atoms with Crippen LogP contribution >= 0.6 is 22.9 Å². The number of methoxy groups -OCH3 is 1. The van der Waals surface area contributed by atoms with Crippen LogP contribution in [0.1, 0.15) is 5.56 Å². The molecule has 0 unspecified atom stereocenters. The first kappa shape index (κ1) is 19.0. The zero-order valence-corrected chi connectivity index (χ0v) is 16.8. The Bertz CT molecular complexity index is 1130. The summed E-state index contributed by atoms with van der Waals surface area (Å²) in [6.45, 7) is 0. The van der Waals surface area contributed by atoms with Gasteiger partial charge in [0, 0.05) is 10.9 Å². The van der Waals surface area contributed by atoms with E-state index in [1.165, 1.54) is 17.7 Å². The lowest BCUT2D eigenvalue weighted by molar-refractivity contribution is -0.115. The SMILES string of the molecule is COc1ccc(-c2csc(NC(=O)Cc3ccc(-n4cnnn4)cc3)n2)cc1Cl. The fraction of sp³-hybridized carbons (Fsp3) is 0.105. The number of ether oxygens (including phenoxy) is 1. The van der Waals surface area contributed by atoms with Gasteiger partial charge in [-0.1, -0.05) is 23.7 Å². The van der Waals surface area contributed by atoms with Crippen LogP contribution in [-0.4, -0.2) is 38.2 Å². The number of carbonyl (C=O) groups excluding carboxylic acids is 1. The van der Waals surface area contributed by atoms with E-state index in [9.17, 15) is 4.79 Å². The fourth-order valence-electron chi connectivity index (χ4n) is 2.68. The second-order valence-electron chi connectivity index (χ2n) is 6.03. The summed E-state index contributed by atoms with van der Waals surface area (Å²) in [5.41, 5.74) is 3.28. The van der Waals surface area contributed by atoms with Gasteiger partial charge in [0.05, 0.1) is 29.9 Å². The van der Waals surface area contributed by atoms with Gasteiger partial charge in [0.1, 0.15) is 12.1 Å². The van der Waals surface area contributed by atoms with Crippen molar-refractivity contribution in [3.63, 3.8) is 0 Å². The molecule has 8 nitrogen and oxygen atoms in total. The van der Waals surface area contributed by atoms with Crippen molar-refractivity contribution in [3.8, 4) is 22.7 Å². The number of amides is 1. The molecule has 4 rings (SSSR count). The first-order valence-electron chi connectivity index (χ1n) is 8.54. The predicted octanol–water partition coefficient (Wildman–Crippen LogP) is 3.63. The summed E-state index contributed by atoms with van der Waals surface area (Å²) in [5, 5.41) is 16.8. The third kappa shape index (κ3) is 4.41. The first-order valence-corrected chi connectivity index (χ1v) is 9.80. The zero-order chi connectivity index (χ0) is 20.2. The molecule has 0 aliphatic carbocycles. The Morgan fingerprint density at radius 2 is 2.07 bits per heavy atom. The summed E-state index contributed by atoms with van der Waals surface area (Å²) in [6.07, 6.45) is 1.75. The van der Waals surface area contributed by atoms with Crippen molar-refractivity contribution < 1.29 is 9.53 Å². The van der Waals surface area contributed by atoms with Crippen molar-refractivity contribution in [3.05, 3.63) is 64.8 Å². The lowest BCUT2D eigenvalue weighted by Crippen LogP contribution is -2.14. The number of nitrogens with zero attached hydrogens (tertiary/aromatic N) is 5. The molecule has 0 aliphatic heterocycles. The molecule has 2 aromatic heterocycles. The van der Waals surface area contributed by atoms with Gasteiger partial charge in [-0.2, -0.15) is 0 Å². The number of carbonyl (C=O) groups is 1. The third-order valence-electron chi connectivity index (χ3n) is 4.11. The Labute approximate surface area is 175 Å². The molecule has 1 N–H and O–H groups in total. The molecule has 0 radical (unpaired) electrons. The standard InChI is InChI=1S/C19H15ClN6O2S/c1-28-17-7-4-13(9-15(17)20)16-10-29-19(22-16)23-18(27)8-12-2-5-14(6-3-12)26-11-21-24-25-26/h2-7,9-11H,8H2,1H3,(H,22,23,27). The highest BCUT2D eigenvalue weighted by atomic mass is 35.5. The summed E-state index contributed by atoms with van der Waals surface area (Å²) in [4.78, 5) is 16.8. The van der Waals surface area contributed by atoms with Gasteiger partial charge in [0.15, 0.2) is 5.13 Å². The van der Waals surface area contributed by atoms with E-state index in [2.05, 4.69) is 25.8 Å². The normalized spacial score (nSPS) is 10.7. The number of aromatic nitrogens is 5. The molecule has 0 fully saturated rings. The first-order chi connectivity index (χ1) is 14.1. The van der Waals surface area contributed by atoms with Gasteiger partial charge < -0.3 is 10.1 Å². The minimum absolute atomic E-state index is 0.145. The highest BCUT2D eigenvalue weighted by Crippen LogP contribution is 2.31. The smallest absolute Gasteiger partial charge is 0.230 e. The maximum absolute atomic E-state index is 12.4. The summed E-state index contributed by atoms with van der Waals surface area (Å²) in [6, 6.07) is 12.9. The molecule has 0 atom stereocenters. The summed E-state index contributed by atoms with van der Waals surface area (Å²) in [5.74, 6) is 0.458. The Morgan fingerprint density at radius 3 is 2.76 bits per heavy atom. The van der Waals surface area contributed by atoms with E-state index in [1.807, 2.05) is 35.7 Å². The van der Waals surface area contributed by atoms with Gasteiger partial charge in [-0.3, -0.25) is 4.79 Å². The highest BCUT2D eigenvalue weighted by molar-refractivity contribution is 7.14.